The highest BCUT2D eigenvalue weighted by Gasteiger charge is 2.33. The Kier molecular flexibility index (Phi) is 4.46. The van der Waals surface area contributed by atoms with E-state index in [-0.39, 0.29) is 0 Å². The van der Waals surface area contributed by atoms with Gasteiger partial charge in [0.15, 0.2) is 0 Å². The molecule has 0 radical (unpaired) electrons. The molecule has 1 aliphatic heterocycles. The van der Waals surface area contributed by atoms with Crippen LogP contribution in [-0.4, -0.2) is 4.98 Å². The van der Waals surface area contributed by atoms with Gasteiger partial charge in [-0.2, -0.15) is 13.2 Å². The molecular weight excluding hydrogens is 435 g/mol. The summed E-state index contributed by atoms with van der Waals surface area (Å²) < 4.78 is 39.8. The zero-order chi connectivity index (χ0) is 20.2. The molecule has 0 atom stereocenters. The van der Waals surface area contributed by atoms with E-state index in [1.54, 1.807) is 12.1 Å². The summed E-state index contributed by atoms with van der Waals surface area (Å²) in [5.41, 5.74) is 2.67. The number of alkyl halides is 3. The van der Waals surface area contributed by atoms with Gasteiger partial charge >= 0.3 is 6.18 Å². The van der Waals surface area contributed by atoms with Crippen LogP contribution in [0.5, 0.6) is 0 Å². The number of rotatable bonds is 1. The molecule has 0 amide bonds. The summed E-state index contributed by atoms with van der Waals surface area (Å²) >= 11 is 8.88. The summed E-state index contributed by atoms with van der Waals surface area (Å²) in [4.78, 5) is 7.25. The minimum absolute atomic E-state index is 0.555. The van der Waals surface area contributed by atoms with Crippen LogP contribution in [0, 0.1) is 0 Å². The van der Waals surface area contributed by atoms with Crippen molar-refractivity contribution in [2.75, 3.05) is 0 Å². The Morgan fingerprint density at radius 2 is 1.59 bits per heavy atom. The first-order chi connectivity index (χ1) is 13.9. The minimum atomic E-state index is -4.39. The summed E-state index contributed by atoms with van der Waals surface area (Å²) in [6.07, 6.45) is -4.39. The maximum atomic E-state index is 13.3. The van der Waals surface area contributed by atoms with Crippen LogP contribution in [0.25, 0.3) is 32.3 Å². The van der Waals surface area contributed by atoms with Crippen molar-refractivity contribution in [1.29, 1.82) is 0 Å². The van der Waals surface area contributed by atoms with Gasteiger partial charge < -0.3 is 0 Å². The summed E-state index contributed by atoms with van der Waals surface area (Å²) in [7, 11) is 0. The summed E-state index contributed by atoms with van der Waals surface area (Å²) in [5, 5.41) is 1.44. The Morgan fingerprint density at radius 1 is 0.828 bits per heavy atom. The fourth-order valence-corrected chi connectivity index (χ4v) is 5.68. The SMILES string of the molecule is FC(F)(F)c1ccc2c(c1)Sc1ccccc1-c1sc(-c3ccc(Cl)cc3)nc1-2. The lowest BCUT2D eigenvalue weighted by Gasteiger charge is -2.11. The first kappa shape index (κ1) is 18.7. The molecule has 2 heterocycles. The maximum Gasteiger partial charge on any atom is 0.416 e. The molecule has 0 aliphatic carbocycles. The van der Waals surface area contributed by atoms with Crippen LogP contribution in [0.3, 0.4) is 0 Å². The molecule has 1 nitrogen and oxygen atoms in total. The number of thiazole rings is 1. The van der Waals surface area contributed by atoms with Crippen LogP contribution >= 0.6 is 34.7 Å². The van der Waals surface area contributed by atoms with E-state index in [9.17, 15) is 13.2 Å². The topological polar surface area (TPSA) is 12.9 Å². The van der Waals surface area contributed by atoms with E-state index in [1.807, 2.05) is 36.4 Å². The van der Waals surface area contributed by atoms with Crippen molar-refractivity contribution in [3.63, 3.8) is 0 Å². The largest absolute Gasteiger partial charge is 0.416 e. The highest BCUT2D eigenvalue weighted by Crippen LogP contribution is 2.51. The minimum Gasteiger partial charge on any atom is -0.235 e. The van der Waals surface area contributed by atoms with Gasteiger partial charge in [-0.25, -0.2) is 4.98 Å². The Labute approximate surface area is 178 Å². The van der Waals surface area contributed by atoms with Gasteiger partial charge in [0.1, 0.15) is 5.01 Å². The maximum absolute atomic E-state index is 13.3. The smallest absolute Gasteiger partial charge is 0.235 e. The number of aromatic nitrogens is 1. The average molecular weight is 446 g/mol. The lowest BCUT2D eigenvalue weighted by molar-refractivity contribution is -0.137. The van der Waals surface area contributed by atoms with E-state index in [1.165, 1.54) is 35.2 Å². The molecule has 0 spiro atoms. The lowest BCUT2D eigenvalue weighted by Crippen LogP contribution is -2.04. The molecule has 4 aromatic rings. The molecule has 0 N–H and O–H groups in total. The van der Waals surface area contributed by atoms with E-state index in [2.05, 4.69) is 0 Å². The number of hydrogen-bond donors (Lipinski definition) is 0. The predicted molar refractivity (Wildman–Crippen MR) is 113 cm³/mol. The van der Waals surface area contributed by atoms with Gasteiger partial charge in [-0.05, 0) is 30.3 Å². The van der Waals surface area contributed by atoms with Crippen molar-refractivity contribution < 1.29 is 13.2 Å². The third-order valence-electron chi connectivity index (χ3n) is 4.63. The first-order valence-corrected chi connectivity index (χ1v) is 10.7. The van der Waals surface area contributed by atoms with Crippen LogP contribution in [-0.2, 0) is 6.18 Å². The van der Waals surface area contributed by atoms with Gasteiger partial charge in [0, 0.05) is 31.5 Å². The van der Waals surface area contributed by atoms with E-state index < -0.39 is 11.7 Å². The molecule has 0 unspecified atom stereocenters. The second kappa shape index (κ2) is 6.90. The highest BCUT2D eigenvalue weighted by molar-refractivity contribution is 7.99. The molecule has 3 aromatic carbocycles. The molecule has 5 rings (SSSR count). The van der Waals surface area contributed by atoms with E-state index in [4.69, 9.17) is 16.6 Å². The quantitative estimate of drug-likeness (QED) is 0.257. The van der Waals surface area contributed by atoms with Crippen molar-refractivity contribution >= 4 is 34.7 Å². The van der Waals surface area contributed by atoms with Crippen molar-refractivity contribution in [3.05, 3.63) is 77.3 Å². The number of fused-ring (bicyclic) bond motifs is 5. The Bertz CT molecular complexity index is 1230. The third kappa shape index (κ3) is 3.35. The monoisotopic (exact) mass is 445 g/mol. The molecule has 0 saturated carbocycles. The van der Waals surface area contributed by atoms with Gasteiger partial charge in [-0.1, -0.05) is 59.8 Å². The average Bonchev–Trinajstić information content (AvgIpc) is 3.08. The molecule has 1 aromatic heterocycles. The molecule has 7 heteroatoms. The zero-order valence-corrected chi connectivity index (χ0v) is 17.0. The second-order valence-electron chi connectivity index (χ2n) is 6.51. The highest BCUT2D eigenvalue weighted by atomic mass is 35.5. The third-order valence-corrected chi connectivity index (χ3v) is 7.16. The zero-order valence-electron chi connectivity index (χ0n) is 14.6. The molecule has 29 heavy (non-hydrogen) atoms. The fraction of sp³-hybridized carbons (Fsp3) is 0.0455. The van der Waals surface area contributed by atoms with E-state index >= 15 is 0 Å². The second-order valence-corrected chi connectivity index (χ2v) is 9.03. The lowest BCUT2D eigenvalue weighted by atomic mass is 10.0. The van der Waals surface area contributed by atoms with Gasteiger partial charge in [0.2, 0.25) is 0 Å². The Morgan fingerprint density at radius 3 is 2.34 bits per heavy atom. The van der Waals surface area contributed by atoms with Crippen molar-refractivity contribution in [1.82, 2.24) is 4.98 Å². The summed E-state index contributed by atoms with van der Waals surface area (Å²) in [6.45, 7) is 0. The Balaban J connectivity index is 1.75. The molecule has 144 valence electrons. The van der Waals surface area contributed by atoms with Crippen LogP contribution in [0.1, 0.15) is 5.56 Å². The van der Waals surface area contributed by atoms with Crippen molar-refractivity contribution in [2.24, 2.45) is 0 Å². The van der Waals surface area contributed by atoms with Gasteiger partial charge in [-0.3, -0.25) is 0 Å². The number of nitrogens with zero attached hydrogens (tertiary/aromatic N) is 1. The number of hydrogen-bond acceptors (Lipinski definition) is 3. The molecule has 1 aliphatic rings. The van der Waals surface area contributed by atoms with Crippen LogP contribution in [0.4, 0.5) is 13.2 Å². The molecule has 0 bridgehead atoms. The first-order valence-electron chi connectivity index (χ1n) is 8.66. The number of halogens is 4. The van der Waals surface area contributed by atoms with Gasteiger partial charge in [0.25, 0.3) is 0 Å². The molecule has 0 fully saturated rings. The predicted octanol–water partition coefficient (Wildman–Crippen LogP) is 8.28. The van der Waals surface area contributed by atoms with E-state index in [0.717, 1.165) is 32.0 Å². The summed E-state index contributed by atoms with van der Waals surface area (Å²) in [6, 6.07) is 19.0. The fourth-order valence-electron chi connectivity index (χ4n) is 3.24. The summed E-state index contributed by atoms with van der Waals surface area (Å²) in [5.74, 6) is 0. The van der Waals surface area contributed by atoms with Crippen LogP contribution in [0.2, 0.25) is 5.02 Å². The van der Waals surface area contributed by atoms with Crippen molar-refractivity contribution in [2.45, 2.75) is 16.0 Å². The Hall–Kier alpha value is -2.28. The number of benzene rings is 3. The van der Waals surface area contributed by atoms with Crippen LogP contribution < -0.4 is 0 Å². The normalized spacial score (nSPS) is 12.7. The van der Waals surface area contributed by atoms with Gasteiger partial charge in [-0.15, -0.1) is 11.3 Å². The molecule has 0 saturated heterocycles. The standard InChI is InChI=1S/C22H11ClF3NS2/c23-14-8-5-12(6-9-14)21-27-19-15-10-7-13(22(24,25)26)11-18(15)28-17-4-2-1-3-16(17)20(19)29-21/h1-11H. The van der Waals surface area contributed by atoms with Gasteiger partial charge in [0.05, 0.1) is 16.1 Å². The van der Waals surface area contributed by atoms with E-state index in [0.29, 0.717) is 21.2 Å². The van der Waals surface area contributed by atoms with Crippen molar-refractivity contribution in [3.8, 4) is 32.3 Å². The van der Waals surface area contributed by atoms with Crippen LogP contribution in [0.15, 0.2) is 76.5 Å². The molecular formula is C22H11ClF3NS2.